The molecule has 7 nitrogen and oxygen atoms in total. The zero-order valence-corrected chi connectivity index (χ0v) is 17.2. The number of ether oxygens (including phenoxy) is 1. The summed E-state index contributed by atoms with van der Waals surface area (Å²) >= 11 is 11.7. The van der Waals surface area contributed by atoms with E-state index in [2.05, 4.69) is 9.84 Å². The van der Waals surface area contributed by atoms with E-state index in [1.165, 1.54) is 6.07 Å². The Morgan fingerprint density at radius 1 is 1.26 bits per heavy atom. The van der Waals surface area contributed by atoms with E-state index in [0.717, 1.165) is 7.11 Å². The number of nitrogens with zero attached hydrogens (tertiary/aromatic N) is 3. The first-order valence-corrected chi connectivity index (χ1v) is 9.50. The number of amides is 1. The van der Waals surface area contributed by atoms with Crippen molar-refractivity contribution in [3.05, 3.63) is 33.4 Å². The summed E-state index contributed by atoms with van der Waals surface area (Å²) in [5.41, 5.74) is -8.27. The highest BCUT2D eigenvalue weighted by molar-refractivity contribution is 7.86. The van der Waals surface area contributed by atoms with Crippen LogP contribution in [0.3, 0.4) is 0 Å². The zero-order chi connectivity index (χ0) is 23.7. The first kappa shape index (κ1) is 24.9. The lowest BCUT2D eigenvalue weighted by Gasteiger charge is -2.15. The fraction of sp³-hybridized carbons (Fsp3) is 0.267. The Hall–Kier alpha value is -2.34. The van der Waals surface area contributed by atoms with Crippen LogP contribution in [0, 0.1) is 11.3 Å². The minimum absolute atomic E-state index is 0.399. The fourth-order valence-electron chi connectivity index (χ4n) is 2.27. The van der Waals surface area contributed by atoms with Crippen molar-refractivity contribution >= 4 is 45.7 Å². The molecular formula is C15H8Cl2F6N4O3S. The lowest BCUT2D eigenvalue weighted by Crippen LogP contribution is -2.23. The van der Waals surface area contributed by atoms with Gasteiger partial charge in [-0.15, -0.1) is 0 Å². The number of benzene rings is 1. The highest BCUT2D eigenvalue weighted by atomic mass is 35.5. The Morgan fingerprint density at radius 2 is 1.81 bits per heavy atom. The number of hydrogen-bond acceptors (Lipinski definition) is 5. The predicted octanol–water partition coefficient (Wildman–Crippen LogP) is 4.28. The van der Waals surface area contributed by atoms with E-state index in [-0.39, 0.29) is 0 Å². The second-order valence-corrected chi connectivity index (χ2v) is 7.75. The summed E-state index contributed by atoms with van der Waals surface area (Å²) in [4.78, 5) is 10.7. The van der Waals surface area contributed by atoms with Crippen LogP contribution in [0.25, 0.3) is 5.69 Å². The van der Waals surface area contributed by atoms with Gasteiger partial charge >= 0.3 is 11.7 Å². The predicted molar refractivity (Wildman–Crippen MR) is 96.3 cm³/mol. The molecule has 0 spiro atoms. The molecule has 0 radical (unpaired) electrons. The lowest BCUT2D eigenvalue weighted by atomic mass is 10.2. The van der Waals surface area contributed by atoms with Crippen LogP contribution in [0.1, 0.15) is 11.3 Å². The van der Waals surface area contributed by atoms with Crippen molar-refractivity contribution in [3.63, 3.8) is 0 Å². The Bertz CT molecular complexity index is 1070. The number of alkyl halides is 6. The molecule has 1 amide bonds. The summed E-state index contributed by atoms with van der Waals surface area (Å²) in [6.45, 7) is -0.667. The molecule has 16 heteroatoms. The Kier molecular flexibility index (Phi) is 7.26. The van der Waals surface area contributed by atoms with Crippen LogP contribution in [0.15, 0.2) is 17.0 Å². The fourth-order valence-corrected chi connectivity index (χ4v) is 3.72. The van der Waals surface area contributed by atoms with E-state index >= 15 is 0 Å². The molecule has 0 fully saturated rings. The zero-order valence-electron chi connectivity index (χ0n) is 14.9. The van der Waals surface area contributed by atoms with Crippen LogP contribution in [0.4, 0.5) is 32.2 Å². The molecule has 2 rings (SSSR count). The topological polar surface area (TPSA) is 97.0 Å². The normalized spacial score (nSPS) is 13.0. The van der Waals surface area contributed by atoms with Crippen LogP contribution in [0.5, 0.6) is 0 Å². The van der Waals surface area contributed by atoms with E-state index in [4.69, 9.17) is 28.5 Å². The third-order valence-electron chi connectivity index (χ3n) is 3.43. The SMILES string of the molecule is COCC(=O)Nc1c(S(=O)C(F)(F)F)c(C#N)nn1-c1c(Cl)cc(C(F)(F)F)cc1Cl. The van der Waals surface area contributed by atoms with Crippen molar-refractivity contribution in [2.75, 3.05) is 19.0 Å². The van der Waals surface area contributed by atoms with Crippen LogP contribution in [0.2, 0.25) is 10.0 Å². The summed E-state index contributed by atoms with van der Waals surface area (Å²) < 4.78 is 95.1. The van der Waals surface area contributed by atoms with Gasteiger partial charge in [0, 0.05) is 7.11 Å². The van der Waals surface area contributed by atoms with Gasteiger partial charge in [0.1, 0.15) is 23.3 Å². The molecule has 1 N–H and O–H groups in total. The molecule has 1 atom stereocenters. The van der Waals surface area contributed by atoms with Gasteiger partial charge in [-0.3, -0.25) is 4.79 Å². The Balaban J connectivity index is 2.85. The first-order chi connectivity index (χ1) is 14.2. The number of anilines is 1. The van der Waals surface area contributed by atoms with Crippen molar-refractivity contribution in [3.8, 4) is 11.8 Å². The summed E-state index contributed by atoms with van der Waals surface area (Å²) in [6, 6.07) is 2.11. The molecule has 0 bridgehead atoms. The third kappa shape index (κ3) is 5.29. The van der Waals surface area contributed by atoms with Crippen molar-refractivity contribution in [1.29, 1.82) is 5.26 Å². The minimum atomic E-state index is -5.37. The standard InChI is InChI=1S/C15H8Cl2F6N4O3S/c1-30-5-10(28)25-13-12(31(29)15(21,22)23)9(4-24)26-27(13)11-7(16)2-6(3-8(11)17)14(18,19)20/h2-3H,5H2,1H3,(H,25,28). The molecule has 31 heavy (non-hydrogen) atoms. The maximum Gasteiger partial charge on any atom is 0.476 e. The third-order valence-corrected chi connectivity index (χ3v) is 5.19. The summed E-state index contributed by atoms with van der Waals surface area (Å²) in [7, 11) is -2.76. The number of carbonyl (C=O) groups is 1. The van der Waals surface area contributed by atoms with E-state index in [1.807, 2.05) is 5.32 Å². The molecule has 0 aliphatic carbocycles. The first-order valence-electron chi connectivity index (χ1n) is 7.59. The number of hydrogen-bond donors (Lipinski definition) is 1. The largest absolute Gasteiger partial charge is 0.476 e. The van der Waals surface area contributed by atoms with E-state index in [9.17, 15) is 35.3 Å². The van der Waals surface area contributed by atoms with Gasteiger partial charge in [0.2, 0.25) is 0 Å². The molecule has 0 saturated carbocycles. The van der Waals surface area contributed by atoms with Gasteiger partial charge < -0.3 is 10.1 Å². The van der Waals surface area contributed by atoms with E-state index in [1.54, 1.807) is 0 Å². The maximum absolute atomic E-state index is 13.1. The molecule has 1 heterocycles. The second-order valence-electron chi connectivity index (χ2n) is 5.53. The van der Waals surface area contributed by atoms with Gasteiger partial charge in [-0.05, 0) is 12.1 Å². The van der Waals surface area contributed by atoms with Crippen molar-refractivity contribution in [1.82, 2.24) is 9.78 Å². The molecule has 168 valence electrons. The van der Waals surface area contributed by atoms with E-state index in [0.29, 0.717) is 16.8 Å². The van der Waals surface area contributed by atoms with Gasteiger partial charge in [0.15, 0.2) is 22.3 Å². The molecule has 0 saturated heterocycles. The van der Waals surface area contributed by atoms with Gasteiger partial charge in [0.05, 0.1) is 15.6 Å². The quantitative estimate of drug-likeness (QED) is 0.608. The number of methoxy groups -OCH3 is 1. The average Bonchev–Trinajstić information content (AvgIpc) is 2.96. The van der Waals surface area contributed by atoms with Gasteiger partial charge in [-0.1, -0.05) is 23.2 Å². The molecule has 0 aliphatic heterocycles. The summed E-state index contributed by atoms with van der Waals surface area (Å²) in [6.07, 6.45) is -4.85. The number of nitrogens with one attached hydrogen (secondary N) is 1. The second kappa shape index (κ2) is 9.03. The van der Waals surface area contributed by atoms with Crippen LogP contribution >= 0.6 is 23.2 Å². The maximum atomic E-state index is 13.1. The number of halogens is 8. The number of nitriles is 1. The van der Waals surface area contributed by atoms with Crippen molar-refractivity contribution in [2.24, 2.45) is 0 Å². The average molecular weight is 509 g/mol. The lowest BCUT2D eigenvalue weighted by molar-refractivity contribution is -0.137. The van der Waals surface area contributed by atoms with Crippen molar-refractivity contribution in [2.45, 2.75) is 16.6 Å². The number of carbonyl (C=O) groups excluding carboxylic acids is 1. The minimum Gasteiger partial charge on any atom is -0.375 e. The Labute approximate surface area is 181 Å². The number of rotatable bonds is 5. The molecular weight excluding hydrogens is 501 g/mol. The van der Waals surface area contributed by atoms with Crippen LogP contribution in [-0.4, -0.2) is 39.1 Å². The Morgan fingerprint density at radius 3 is 2.23 bits per heavy atom. The molecule has 1 aromatic carbocycles. The van der Waals surface area contributed by atoms with Crippen LogP contribution in [-0.2, 0) is 26.5 Å². The van der Waals surface area contributed by atoms with Gasteiger partial charge in [-0.25, -0.2) is 8.89 Å². The van der Waals surface area contributed by atoms with Gasteiger partial charge in [-0.2, -0.15) is 36.7 Å². The summed E-state index contributed by atoms with van der Waals surface area (Å²) in [5, 5.41) is 13.2. The highest BCUT2D eigenvalue weighted by Gasteiger charge is 2.43. The molecule has 0 aliphatic rings. The number of aromatic nitrogens is 2. The van der Waals surface area contributed by atoms with Crippen LogP contribution < -0.4 is 5.32 Å². The monoisotopic (exact) mass is 508 g/mol. The van der Waals surface area contributed by atoms with E-state index < -0.39 is 72.7 Å². The summed E-state index contributed by atoms with van der Waals surface area (Å²) in [5.74, 6) is -1.98. The molecule has 1 unspecified atom stereocenters. The van der Waals surface area contributed by atoms with Gasteiger partial charge in [0.25, 0.3) is 5.91 Å². The highest BCUT2D eigenvalue weighted by Crippen LogP contribution is 2.41. The molecule has 2 aromatic rings. The van der Waals surface area contributed by atoms with Crippen molar-refractivity contribution < 1.29 is 40.1 Å². The smallest absolute Gasteiger partial charge is 0.375 e. The molecule has 1 aromatic heterocycles.